The second kappa shape index (κ2) is 11.4. The van der Waals surface area contributed by atoms with Crippen LogP contribution >= 0.6 is 39.0 Å². The standard InChI is InChI=1S/C29H21BrN6O3S2/c1-16-27(39)36(24-15-20(37)11-12-22(24)34-32-18-8-6-17(30)7-9-18)28(40-16)21-14-19(10-13-25(21)38)33-35-29-31-23-4-2-3-5-26(23)41-29/h2-16,28,37-38H,1H3. The van der Waals surface area contributed by atoms with E-state index in [1.807, 2.05) is 48.5 Å². The van der Waals surface area contributed by atoms with Crippen molar-refractivity contribution in [3.8, 4) is 11.5 Å². The molecule has 2 unspecified atom stereocenters. The van der Waals surface area contributed by atoms with E-state index >= 15 is 0 Å². The number of aromatic hydroxyl groups is 2. The minimum atomic E-state index is -0.612. The van der Waals surface area contributed by atoms with Crippen molar-refractivity contribution in [1.82, 2.24) is 4.98 Å². The topological polar surface area (TPSA) is 123 Å². The zero-order valence-electron chi connectivity index (χ0n) is 21.4. The lowest BCUT2D eigenvalue weighted by Crippen LogP contribution is -2.30. The number of benzene rings is 4. The number of phenolic OH excluding ortho intramolecular Hbond substituents is 2. The third-order valence-corrected chi connectivity index (χ3v) is 9.06. The molecular weight excluding hydrogens is 624 g/mol. The molecule has 0 spiro atoms. The van der Waals surface area contributed by atoms with E-state index in [9.17, 15) is 15.0 Å². The van der Waals surface area contributed by atoms with Crippen molar-refractivity contribution in [2.75, 3.05) is 4.90 Å². The van der Waals surface area contributed by atoms with E-state index in [4.69, 9.17) is 0 Å². The van der Waals surface area contributed by atoms with Crippen LogP contribution in [0.15, 0.2) is 110 Å². The molecule has 9 nitrogen and oxygen atoms in total. The number of hydrogen-bond acceptors (Lipinski definition) is 10. The van der Waals surface area contributed by atoms with Crippen molar-refractivity contribution in [3.05, 3.63) is 95.0 Å². The van der Waals surface area contributed by atoms with E-state index in [0.29, 0.717) is 33.4 Å². The van der Waals surface area contributed by atoms with Gasteiger partial charge in [0, 0.05) is 16.1 Å². The lowest BCUT2D eigenvalue weighted by molar-refractivity contribution is -0.117. The molecule has 1 amide bonds. The van der Waals surface area contributed by atoms with Crippen molar-refractivity contribution in [2.45, 2.75) is 17.5 Å². The van der Waals surface area contributed by atoms with E-state index in [0.717, 1.165) is 14.7 Å². The van der Waals surface area contributed by atoms with Gasteiger partial charge in [0.05, 0.1) is 32.5 Å². The van der Waals surface area contributed by atoms with Crippen LogP contribution in [-0.2, 0) is 4.79 Å². The summed E-state index contributed by atoms with van der Waals surface area (Å²) in [6.07, 6.45) is 0. The summed E-state index contributed by atoms with van der Waals surface area (Å²) in [7, 11) is 0. The number of carbonyl (C=O) groups is 1. The third kappa shape index (κ3) is 5.71. The van der Waals surface area contributed by atoms with Gasteiger partial charge in [-0.25, -0.2) is 4.98 Å². The van der Waals surface area contributed by atoms with Crippen molar-refractivity contribution in [3.63, 3.8) is 0 Å². The summed E-state index contributed by atoms with van der Waals surface area (Å²) < 4.78 is 1.93. The van der Waals surface area contributed by atoms with Crippen LogP contribution in [0.2, 0.25) is 0 Å². The van der Waals surface area contributed by atoms with Gasteiger partial charge in [0.1, 0.15) is 22.6 Å². The number of nitrogens with zero attached hydrogens (tertiary/aromatic N) is 6. The van der Waals surface area contributed by atoms with Gasteiger partial charge in [0.15, 0.2) is 0 Å². The number of rotatable bonds is 6. The molecule has 12 heteroatoms. The summed E-state index contributed by atoms with van der Waals surface area (Å²) in [5, 5.41) is 38.1. The van der Waals surface area contributed by atoms with Crippen molar-refractivity contribution in [1.29, 1.82) is 0 Å². The van der Waals surface area contributed by atoms with Gasteiger partial charge in [-0.2, -0.15) is 5.11 Å². The molecule has 2 N–H and O–H groups in total. The molecule has 204 valence electrons. The molecule has 0 bridgehead atoms. The van der Waals surface area contributed by atoms with Crippen LogP contribution in [-0.4, -0.2) is 26.4 Å². The van der Waals surface area contributed by atoms with Crippen LogP contribution in [0, 0.1) is 0 Å². The number of hydrogen-bond donors (Lipinski definition) is 2. The average Bonchev–Trinajstić information content (AvgIpc) is 3.52. The number of anilines is 1. The Morgan fingerprint density at radius 1 is 0.878 bits per heavy atom. The third-order valence-electron chi connectivity index (χ3n) is 6.28. The predicted molar refractivity (Wildman–Crippen MR) is 166 cm³/mol. The van der Waals surface area contributed by atoms with Crippen LogP contribution in [0.4, 0.5) is 27.9 Å². The summed E-state index contributed by atoms with van der Waals surface area (Å²) in [6.45, 7) is 1.81. The van der Waals surface area contributed by atoms with Crippen LogP contribution in [0.5, 0.6) is 11.5 Å². The zero-order valence-corrected chi connectivity index (χ0v) is 24.6. The second-order valence-electron chi connectivity index (χ2n) is 9.10. The highest BCUT2D eigenvalue weighted by Gasteiger charge is 2.42. The van der Waals surface area contributed by atoms with Crippen LogP contribution in [0.3, 0.4) is 0 Å². The summed E-state index contributed by atoms with van der Waals surface area (Å²) in [6, 6.07) is 24.5. The highest BCUT2D eigenvalue weighted by Crippen LogP contribution is 2.51. The molecule has 5 aromatic rings. The van der Waals surface area contributed by atoms with E-state index in [1.165, 1.54) is 46.2 Å². The Morgan fingerprint density at radius 2 is 1.63 bits per heavy atom. The van der Waals surface area contributed by atoms with Crippen molar-refractivity contribution < 1.29 is 15.0 Å². The molecule has 6 rings (SSSR count). The first-order chi connectivity index (χ1) is 19.9. The van der Waals surface area contributed by atoms with Gasteiger partial charge >= 0.3 is 0 Å². The lowest BCUT2D eigenvalue weighted by Gasteiger charge is -2.26. The molecular formula is C29H21BrN6O3S2. The molecule has 41 heavy (non-hydrogen) atoms. The van der Waals surface area contributed by atoms with Crippen LogP contribution in [0.25, 0.3) is 10.2 Å². The number of azo groups is 2. The normalized spacial score (nSPS) is 17.4. The number of halogens is 1. The van der Waals surface area contributed by atoms with Gasteiger partial charge in [-0.1, -0.05) is 39.4 Å². The molecule has 1 aliphatic rings. The zero-order chi connectivity index (χ0) is 28.5. The van der Waals surface area contributed by atoms with Gasteiger partial charge in [-0.05, 0) is 73.7 Å². The van der Waals surface area contributed by atoms with Crippen LogP contribution < -0.4 is 4.90 Å². The van der Waals surface area contributed by atoms with E-state index < -0.39 is 10.6 Å². The van der Waals surface area contributed by atoms with Crippen LogP contribution in [0.1, 0.15) is 17.9 Å². The lowest BCUT2D eigenvalue weighted by atomic mass is 10.1. The fourth-order valence-electron chi connectivity index (χ4n) is 4.30. The Kier molecular flexibility index (Phi) is 7.52. The summed E-state index contributed by atoms with van der Waals surface area (Å²) in [5.41, 5.74) is 3.22. The number of amides is 1. The fraction of sp³-hybridized carbons (Fsp3) is 0.103. The Hall–Kier alpha value is -4.13. The number of aromatic nitrogens is 1. The summed E-state index contributed by atoms with van der Waals surface area (Å²) >= 11 is 6.21. The monoisotopic (exact) mass is 644 g/mol. The molecule has 0 aliphatic carbocycles. The maximum Gasteiger partial charge on any atom is 0.241 e. The molecule has 1 fully saturated rings. The van der Waals surface area contributed by atoms with Crippen molar-refractivity contribution in [2.24, 2.45) is 20.5 Å². The number of phenols is 2. The molecule has 2 heterocycles. The quantitative estimate of drug-likeness (QED) is 0.178. The SMILES string of the molecule is CC1SC(c2cc(N=Nc3nc4ccccc4s3)ccc2O)N(c2cc(O)ccc2N=Nc2ccc(Br)cc2)C1=O. The van der Waals surface area contributed by atoms with Gasteiger partial charge in [0.2, 0.25) is 11.0 Å². The van der Waals surface area contributed by atoms with Gasteiger partial charge < -0.3 is 10.2 Å². The average molecular weight is 646 g/mol. The molecule has 4 aromatic carbocycles. The smallest absolute Gasteiger partial charge is 0.241 e. The maximum absolute atomic E-state index is 13.5. The highest BCUT2D eigenvalue weighted by molar-refractivity contribution is 9.10. The predicted octanol–water partition coefficient (Wildman–Crippen LogP) is 9.47. The van der Waals surface area contributed by atoms with Gasteiger partial charge in [0.25, 0.3) is 0 Å². The Labute approximate surface area is 251 Å². The maximum atomic E-state index is 13.5. The molecule has 2 atom stereocenters. The minimum Gasteiger partial charge on any atom is -0.508 e. The fourth-order valence-corrected chi connectivity index (χ4v) is 6.64. The number of para-hydroxylation sites is 1. The van der Waals surface area contributed by atoms with E-state index in [2.05, 4.69) is 41.4 Å². The Bertz CT molecular complexity index is 1790. The van der Waals surface area contributed by atoms with Gasteiger partial charge in [-0.3, -0.25) is 9.69 Å². The molecule has 0 radical (unpaired) electrons. The Balaban J connectivity index is 1.35. The van der Waals surface area contributed by atoms with Crippen molar-refractivity contribution >= 4 is 83.0 Å². The first kappa shape index (κ1) is 27.1. The number of thiazole rings is 1. The first-order valence-corrected chi connectivity index (χ1v) is 15.0. The largest absolute Gasteiger partial charge is 0.508 e. The van der Waals surface area contributed by atoms with Gasteiger partial charge in [-0.15, -0.1) is 27.1 Å². The highest BCUT2D eigenvalue weighted by atomic mass is 79.9. The number of fused-ring (bicyclic) bond motifs is 1. The summed E-state index contributed by atoms with van der Waals surface area (Å²) in [5.74, 6) is -0.209. The molecule has 1 aliphatic heterocycles. The Morgan fingerprint density at radius 3 is 2.44 bits per heavy atom. The minimum absolute atomic E-state index is 0.00605. The number of thioether (sulfide) groups is 1. The van der Waals surface area contributed by atoms with E-state index in [1.54, 1.807) is 25.1 Å². The van der Waals surface area contributed by atoms with E-state index in [-0.39, 0.29) is 17.4 Å². The molecule has 1 saturated heterocycles. The number of carbonyl (C=O) groups excluding carboxylic acids is 1. The molecule has 1 aromatic heterocycles. The summed E-state index contributed by atoms with van der Waals surface area (Å²) in [4.78, 5) is 19.5. The first-order valence-electron chi connectivity index (χ1n) is 12.4. The second-order valence-corrected chi connectivity index (χ2v) is 12.4. The molecule has 0 saturated carbocycles.